The van der Waals surface area contributed by atoms with Crippen molar-refractivity contribution >= 4 is 26.6 Å². The van der Waals surface area contributed by atoms with Crippen LogP contribution in [0.25, 0.3) is 10.9 Å². The average Bonchev–Trinajstić information content (AvgIpc) is 3.06. The molecule has 2 aromatic carbocycles. The standard InChI is InChI=1S/C19H21N3O2S/c1-15-4-2-3-5-19(15)25(23,24)22-11-8-16-6-7-17(14-18(16)22)21-12-9-20-10-13-21/h2-8,11,14,20H,9-10,12-13H2,1H3. The van der Waals surface area contributed by atoms with E-state index in [4.69, 9.17) is 0 Å². The molecule has 4 rings (SSSR count). The molecule has 0 amide bonds. The van der Waals surface area contributed by atoms with E-state index >= 15 is 0 Å². The Bertz CT molecular complexity index is 1020. The van der Waals surface area contributed by atoms with Gasteiger partial charge in [-0.25, -0.2) is 12.4 Å². The molecule has 0 saturated carbocycles. The first-order valence-corrected chi connectivity index (χ1v) is 9.89. The fraction of sp³-hybridized carbons (Fsp3) is 0.263. The van der Waals surface area contributed by atoms with Crippen LogP contribution >= 0.6 is 0 Å². The second-order valence-electron chi connectivity index (χ2n) is 6.36. The quantitative estimate of drug-likeness (QED) is 0.785. The van der Waals surface area contributed by atoms with Gasteiger partial charge in [0.15, 0.2) is 0 Å². The smallest absolute Gasteiger partial charge is 0.268 e. The molecule has 6 heteroatoms. The molecule has 1 N–H and O–H groups in total. The summed E-state index contributed by atoms with van der Waals surface area (Å²) < 4.78 is 27.7. The molecule has 1 saturated heterocycles. The van der Waals surface area contributed by atoms with Gasteiger partial charge in [0, 0.05) is 43.4 Å². The monoisotopic (exact) mass is 355 g/mol. The highest BCUT2D eigenvalue weighted by Crippen LogP contribution is 2.27. The topological polar surface area (TPSA) is 54.3 Å². The van der Waals surface area contributed by atoms with Gasteiger partial charge in [-0.15, -0.1) is 0 Å². The van der Waals surface area contributed by atoms with Crippen LogP contribution in [-0.2, 0) is 10.0 Å². The number of nitrogens with one attached hydrogen (secondary N) is 1. The highest BCUT2D eigenvalue weighted by Gasteiger charge is 2.21. The molecule has 1 fully saturated rings. The highest BCUT2D eigenvalue weighted by molar-refractivity contribution is 7.90. The Morgan fingerprint density at radius 3 is 2.52 bits per heavy atom. The Morgan fingerprint density at radius 1 is 1.00 bits per heavy atom. The normalized spacial score (nSPS) is 15.6. The summed E-state index contributed by atoms with van der Waals surface area (Å²) >= 11 is 0. The van der Waals surface area contributed by atoms with Crippen LogP contribution in [0.4, 0.5) is 5.69 Å². The molecule has 0 spiro atoms. The Kier molecular flexibility index (Phi) is 4.01. The van der Waals surface area contributed by atoms with Gasteiger partial charge in [-0.1, -0.05) is 24.3 Å². The summed E-state index contributed by atoms with van der Waals surface area (Å²) in [5, 5.41) is 4.26. The third-order valence-corrected chi connectivity index (χ3v) is 6.60. The predicted molar refractivity (Wildman–Crippen MR) is 101 cm³/mol. The minimum atomic E-state index is -3.61. The number of rotatable bonds is 3. The first kappa shape index (κ1) is 16.2. The molecular weight excluding hydrogens is 334 g/mol. The van der Waals surface area contributed by atoms with E-state index in [-0.39, 0.29) is 0 Å². The number of benzene rings is 2. The van der Waals surface area contributed by atoms with E-state index in [1.165, 1.54) is 3.97 Å². The predicted octanol–water partition coefficient (Wildman–Crippen LogP) is 2.60. The van der Waals surface area contributed by atoms with Crippen LogP contribution in [0.1, 0.15) is 5.56 Å². The third-order valence-electron chi connectivity index (χ3n) is 4.75. The highest BCUT2D eigenvalue weighted by atomic mass is 32.2. The van der Waals surface area contributed by atoms with E-state index in [9.17, 15) is 8.42 Å². The Morgan fingerprint density at radius 2 is 1.76 bits per heavy atom. The number of aryl methyl sites for hydroxylation is 1. The van der Waals surface area contributed by atoms with Crippen molar-refractivity contribution in [2.75, 3.05) is 31.1 Å². The van der Waals surface area contributed by atoms with E-state index in [1.807, 2.05) is 37.3 Å². The maximum Gasteiger partial charge on any atom is 0.268 e. The molecule has 1 aliphatic heterocycles. The second-order valence-corrected chi connectivity index (χ2v) is 8.15. The molecular formula is C19H21N3O2S. The zero-order valence-corrected chi connectivity index (χ0v) is 15.0. The number of fused-ring (bicyclic) bond motifs is 1. The maximum atomic E-state index is 13.2. The maximum absolute atomic E-state index is 13.2. The van der Waals surface area contributed by atoms with E-state index in [0.717, 1.165) is 48.3 Å². The van der Waals surface area contributed by atoms with Gasteiger partial charge in [0.25, 0.3) is 10.0 Å². The van der Waals surface area contributed by atoms with Crippen molar-refractivity contribution in [1.82, 2.24) is 9.29 Å². The van der Waals surface area contributed by atoms with Crippen molar-refractivity contribution in [3.63, 3.8) is 0 Å². The average molecular weight is 355 g/mol. The van der Waals surface area contributed by atoms with Crippen LogP contribution in [0, 0.1) is 6.92 Å². The lowest BCUT2D eigenvalue weighted by Gasteiger charge is -2.29. The third kappa shape index (κ3) is 2.81. The van der Waals surface area contributed by atoms with Gasteiger partial charge in [-0.3, -0.25) is 0 Å². The number of hydrogen-bond donors (Lipinski definition) is 1. The number of anilines is 1. The molecule has 0 atom stereocenters. The summed E-state index contributed by atoms with van der Waals surface area (Å²) in [6.45, 7) is 5.57. The summed E-state index contributed by atoms with van der Waals surface area (Å²) in [6, 6.07) is 15.0. The van der Waals surface area contributed by atoms with E-state index in [0.29, 0.717) is 4.90 Å². The first-order valence-electron chi connectivity index (χ1n) is 8.45. The largest absolute Gasteiger partial charge is 0.369 e. The van der Waals surface area contributed by atoms with Gasteiger partial charge < -0.3 is 10.2 Å². The molecule has 0 bridgehead atoms. The van der Waals surface area contributed by atoms with Crippen molar-refractivity contribution in [2.24, 2.45) is 0 Å². The van der Waals surface area contributed by atoms with Gasteiger partial charge in [0.1, 0.15) is 0 Å². The van der Waals surface area contributed by atoms with Crippen LogP contribution in [0.15, 0.2) is 59.6 Å². The zero-order valence-electron chi connectivity index (χ0n) is 14.1. The van der Waals surface area contributed by atoms with Crippen molar-refractivity contribution in [3.8, 4) is 0 Å². The van der Waals surface area contributed by atoms with Crippen molar-refractivity contribution in [2.45, 2.75) is 11.8 Å². The van der Waals surface area contributed by atoms with E-state index in [1.54, 1.807) is 18.3 Å². The molecule has 1 aromatic heterocycles. The summed E-state index contributed by atoms with van der Waals surface area (Å²) in [5.74, 6) is 0. The van der Waals surface area contributed by atoms with Crippen molar-refractivity contribution in [1.29, 1.82) is 0 Å². The Hall–Kier alpha value is -2.31. The summed E-state index contributed by atoms with van der Waals surface area (Å²) in [7, 11) is -3.61. The number of aromatic nitrogens is 1. The number of hydrogen-bond acceptors (Lipinski definition) is 4. The van der Waals surface area contributed by atoms with Gasteiger partial charge in [0.05, 0.1) is 10.4 Å². The second kappa shape index (κ2) is 6.20. The summed E-state index contributed by atoms with van der Waals surface area (Å²) in [4.78, 5) is 2.63. The fourth-order valence-electron chi connectivity index (χ4n) is 3.37. The molecule has 2 heterocycles. The lowest BCUT2D eigenvalue weighted by molar-refractivity contribution is 0.587. The Labute approximate surface area is 147 Å². The first-order chi connectivity index (χ1) is 12.1. The molecule has 0 unspecified atom stereocenters. The van der Waals surface area contributed by atoms with E-state index < -0.39 is 10.0 Å². The van der Waals surface area contributed by atoms with Crippen molar-refractivity contribution < 1.29 is 8.42 Å². The van der Waals surface area contributed by atoms with Gasteiger partial charge in [-0.05, 0) is 36.8 Å². The van der Waals surface area contributed by atoms with Crippen LogP contribution < -0.4 is 10.2 Å². The lowest BCUT2D eigenvalue weighted by Crippen LogP contribution is -2.43. The summed E-state index contributed by atoms with van der Waals surface area (Å²) in [5.41, 5.74) is 2.54. The van der Waals surface area contributed by atoms with Crippen LogP contribution in [-0.4, -0.2) is 38.6 Å². The minimum Gasteiger partial charge on any atom is -0.369 e. The minimum absolute atomic E-state index is 0.347. The van der Waals surface area contributed by atoms with Gasteiger partial charge in [-0.2, -0.15) is 0 Å². The Balaban J connectivity index is 1.83. The molecule has 3 aromatic rings. The van der Waals surface area contributed by atoms with Crippen LogP contribution in [0.2, 0.25) is 0 Å². The summed E-state index contributed by atoms with van der Waals surface area (Å²) in [6.07, 6.45) is 1.65. The molecule has 5 nitrogen and oxygen atoms in total. The lowest BCUT2D eigenvalue weighted by atomic mass is 10.2. The van der Waals surface area contributed by atoms with Crippen LogP contribution in [0.5, 0.6) is 0 Å². The van der Waals surface area contributed by atoms with Gasteiger partial charge >= 0.3 is 0 Å². The van der Waals surface area contributed by atoms with Gasteiger partial charge in [0.2, 0.25) is 0 Å². The fourth-order valence-corrected chi connectivity index (χ4v) is 4.95. The van der Waals surface area contributed by atoms with Crippen molar-refractivity contribution in [3.05, 3.63) is 60.3 Å². The molecule has 0 aliphatic carbocycles. The van der Waals surface area contributed by atoms with E-state index in [2.05, 4.69) is 16.3 Å². The molecule has 1 aliphatic rings. The molecule has 25 heavy (non-hydrogen) atoms. The zero-order chi connectivity index (χ0) is 17.4. The number of piperazine rings is 1. The SMILES string of the molecule is Cc1ccccc1S(=O)(=O)n1ccc2ccc(N3CCNCC3)cc21. The molecule has 130 valence electrons. The van der Waals surface area contributed by atoms with Crippen LogP contribution in [0.3, 0.4) is 0 Å². The number of nitrogens with zero attached hydrogens (tertiary/aromatic N) is 2. The molecule has 0 radical (unpaired) electrons.